The van der Waals surface area contributed by atoms with Crippen LogP contribution in [0.25, 0.3) is 0 Å². The number of carbonyl (C=O) groups is 2. The molecule has 0 aromatic heterocycles. The number of alkyl halides is 3. The van der Waals surface area contributed by atoms with Gasteiger partial charge in [0.15, 0.2) is 6.17 Å². The maximum atomic E-state index is 13.7. The Morgan fingerprint density at radius 2 is 1.67 bits per heavy atom. The van der Waals surface area contributed by atoms with Crippen molar-refractivity contribution >= 4 is 12.0 Å². The Hall–Kier alpha value is -1.47. The zero-order valence-electron chi connectivity index (χ0n) is 12.4. The lowest BCUT2D eigenvalue weighted by atomic mass is 9.74. The molecular formula is C13H21F3N2O3. The summed E-state index contributed by atoms with van der Waals surface area (Å²) in [6, 6.07) is 0. The average molecular weight is 310 g/mol. The molecule has 0 saturated carbocycles. The Morgan fingerprint density at radius 1 is 1.19 bits per heavy atom. The summed E-state index contributed by atoms with van der Waals surface area (Å²) in [4.78, 5) is 24.6. The van der Waals surface area contributed by atoms with Crippen LogP contribution in [0.5, 0.6) is 0 Å². The lowest BCUT2D eigenvalue weighted by Gasteiger charge is -2.41. The van der Waals surface area contributed by atoms with Gasteiger partial charge in [0.1, 0.15) is 5.60 Å². The number of halogens is 3. The second-order valence-corrected chi connectivity index (χ2v) is 6.22. The van der Waals surface area contributed by atoms with Crippen LogP contribution in [0, 0.1) is 5.41 Å². The minimum absolute atomic E-state index is 0.0506. The minimum atomic E-state index is -3.29. The standard InChI is InChI=1S/C13H21F3N2O3/c1-12(2,3)21-11(20)18-6-4-13(5-7-18,10(17)19)8(14)9(15)16/h8-9H,4-7H2,1-3H3,(H2,17,19). The van der Waals surface area contributed by atoms with Gasteiger partial charge in [-0.2, -0.15) is 0 Å². The third-order valence-corrected chi connectivity index (χ3v) is 3.55. The van der Waals surface area contributed by atoms with Crippen LogP contribution >= 0.6 is 0 Å². The molecule has 0 radical (unpaired) electrons. The maximum Gasteiger partial charge on any atom is 0.410 e. The molecule has 1 aliphatic rings. The Labute approximate surface area is 121 Å². The predicted octanol–water partition coefficient (Wildman–Crippen LogP) is 2.09. The van der Waals surface area contributed by atoms with E-state index in [0.29, 0.717) is 0 Å². The molecule has 122 valence electrons. The van der Waals surface area contributed by atoms with Gasteiger partial charge < -0.3 is 15.4 Å². The molecule has 0 aromatic rings. The fourth-order valence-corrected chi connectivity index (χ4v) is 2.31. The van der Waals surface area contributed by atoms with E-state index in [1.165, 1.54) is 4.90 Å². The number of nitrogens with two attached hydrogens (primary N) is 1. The first-order valence-electron chi connectivity index (χ1n) is 6.70. The Kier molecular flexibility index (Phi) is 5.11. The zero-order valence-corrected chi connectivity index (χ0v) is 12.4. The summed E-state index contributed by atoms with van der Waals surface area (Å²) in [5.41, 5.74) is 2.50. The van der Waals surface area contributed by atoms with Gasteiger partial charge in [-0.3, -0.25) is 4.79 Å². The molecule has 5 nitrogen and oxygen atoms in total. The van der Waals surface area contributed by atoms with Crippen LogP contribution in [-0.4, -0.2) is 48.2 Å². The number of amides is 2. The monoisotopic (exact) mass is 310 g/mol. The minimum Gasteiger partial charge on any atom is -0.444 e. The molecule has 1 aliphatic heterocycles. The molecule has 8 heteroatoms. The van der Waals surface area contributed by atoms with Crippen LogP contribution in [0.4, 0.5) is 18.0 Å². The van der Waals surface area contributed by atoms with Crippen molar-refractivity contribution in [1.29, 1.82) is 0 Å². The molecule has 1 saturated heterocycles. The van der Waals surface area contributed by atoms with Crippen molar-refractivity contribution in [3.05, 3.63) is 0 Å². The number of hydrogen-bond donors (Lipinski definition) is 1. The van der Waals surface area contributed by atoms with Gasteiger partial charge in [0.25, 0.3) is 6.43 Å². The van der Waals surface area contributed by atoms with E-state index >= 15 is 0 Å². The van der Waals surface area contributed by atoms with E-state index in [-0.39, 0.29) is 25.9 Å². The van der Waals surface area contributed by atoms with E-state index in [4.69, 9.17) is 10.5 Å². The van der Waals surface area contributed by atoms with Gasteiger partial charge >= 0.3 is 6.09 Å². The van der Waals surface area contributed by atoms with Crippen LogP contribution in [-0.2, 0) is 9.53 Å². The molecule has 1 atom stereocenters. The van der Waals surface area contributed by atoms with Crippen LogP contribution in [0.3, 0.4) is 0 Å². The number of hydrogen-bond acceptors (Lipinski definition) is 3. The van der Waals surface area contributed by atoms with Gasteiger partial charge in [-0.15, -0.1) is 0 Å². The van der Waals surface area contributed by atoms with Crippen molar-refractivity contribution in [2.24, 2.45) is 11.1 Å². The summed E-state index contributed by atoms with van der Waals surface area (Å²) in [6.07, 6.45) is -7.02. The van der Waals surface area contributed by atoms with Gasteiger partial charge in [-0.05, 0) is 33.6 Å². The Morgan fingerprint density at radius 3 is 2.00 bits per heavy atom. The van der Waals surface area contributed by atoms with Crippen LogP contribution in [0.2, 0.25) is 0 Å². The molecule has 1 unspecified atom stereocenters. The number of carbonyl (C=O) groups excluding carboxylic acids is 2. The summed E-state index contributed by atoms with van der Waals surface area (Å²) in [6.45, 7) is 4.97. The van der Waals surface area contributed by atoms with E-state index in [0.717, 1.165) is 0 Å². The summed E-state index contributed by atoms with van der Waals surface area (Å²) >= 11 is 0. The number of ether oxygens (including phenoxy) is 1. The molecule has 2 amide bonds. The molecule has 1 fully saturated rings. The first-order chi connectivity index (χ1) is 9.49. The molecule has 0 spiro atoms. The molecule has 21 heavy (non-hydrogen) atoms. The molecule has 1 rings (SSSR count). The second kappa shape index (κ2) is 6.11. The molecular weight excluding hydrogens is 289 g/mol. The smallest absolute Gasteiger partial charge is 0.410 e. The van der Waals surface area contributed by atoms with E-state index in [2.05, 4.69) is 0 Å². The normalized spacial score (nSPS) is 20.2. The lowest BCUT2D eigenvalue weighted by molar-refractivity contribution is -0.142. The molecule has 0 bridgehead atoms. The highest BCUT2D eigenvalue weighted by Crippen LogP contribution is 2.39. The maximum absolute atomic E-state index is 13.7. The Bertz CT molecular complexity index is 402. The van der Waals surface area contributed by atoms with Gasteiger partial charge in [0, 0.05) is 13.1 Å². The topological polar surface area (TPSA) is 72.6 Å². The van der Waals surface area contributed by atoms with Crippen LogP contribution in [0.15, 0.2) is 0 Å². The highest BCUT2D eigenvalue weighted by molar-refractivity contribution is 5.82. The fourth-order valence-electron chi connectivity index (χ4n) is 2.31. The first-order valence-corrected chi connectivity index (χ1v) is 6.70. The fraction of sp³-hybridized carbons (Fsp3) is 0.846. The molecule has 1 heterocycles. The Balaban J connectivity index is 2.76. The van der Waals surface area contributed by atoms with Gasteiger partial charge in [-0.25, -0.2) is 18.0 Å². The van der Waals surface area contributed by atoms with E-state index in [1.54, 1.807) is 20.8 Å². The zero-order chi connectivity index (χ0) is 16.4. The largest absolute Gasteiger partial charge is 0.444 e. The number of nitrogens with zero attached hydrogens (tertiary/aromatic N) is 1. The number of rotatable bonds is 3. The third kappa shape index (κ3) is 4.01. The van der Waals surface area contributed by atoms with E-state index in [1.807, 2.05) is 0 Å². The van der Waals surface area contributed by atoms with E-state index < -0.39 is 35.6 Å². The number of primary amides is 1. The van der Waals surface area contributed by atoms with Gasteiger partial charge in [-0.1, -0.05) is 0 Å². The van der Waals surface area contributed by atoms with Crippen molar-refractivity contribution in [2.45, 2.75) is 51.8 Å². The summed E-state index contributed by atoms with van der Waals surface area (Å²) in [5, 5.41) is 0. The molecule has 2 N–H and O–H groups in total. The highest BCUT2D eigenvalue weighted by Gasteiger charge is 2.51. The first kappa shape index (κ1) is 17.6. The summed E-state index contributed by atoms with van der Waals surface area (Å²) < 4.78 is 44.1. The van der Waals surface area contributed by atoms with Crippen LogP contribution in [0.1, 0.15) is 33.6 Å². The van der Waals surface area contributed by atoms with Gasteiger partial charge in [0.05, 0.1) is 5.41 Å². The summed E-state index contributed by atoms with van der Waals surface area (Å²) in [7, 11) is 0. The van der Waals surface area contributed by atoms with Crippen molar-refractivity contribution in [1.82, 2.24) is 4.90 Å². The summed E-state index contributed by atoms with van der Waals surface area (Å²) in [5.74, 6) is -1.10. The molecule has 0 aliphatic carbocycles. The van der Waals surface area contributed by atoms with Crippen molar-refractivity contribution in [3.63, 3.8) is 0 Å². The second-order valence-electron chi connectivity index (χ2n) is 6.22. The van der Waals surface area contributed by atoms with E-state index in [9.17, 15) is 22.8 Å². The SMILES string of the molecule is CC(C)(C)OC(=O)N1CCC(C(N)=O)(C(F)C(F)F)CC1. The quantitative estimate of drug-likeness (QED) is 0.867. The predicted molar refractivity (Wildman–Crippen MR) is 69.6 cm³/mol. The van der Waals surface area contributed by atoms with Gasteiger partial charge in [0.2, 0.25) is 5.91 Å². The van der Waals surface area contributed by atoms with Crippen LogP contribution < -0.4 is 5.73 Å². The third-order valence-electron chi connectivity index (χ3n) is 3.55. The average Bonchev–Trinajstić information content (AvgIpc) is 2.35. The van der Waals surface area contributed by atoms with Crippen molar-refractivity contribution in [2.75, 3.05) is 13.1 Å². The van der Waals surface area contributed by atoms with Crippen molar-refractivity contribution in [3.8, 4) is 0 Å². The van der Waals surface area contributed by atoms with Crippen molar-refractivity contribution < 1.29 is 27.5 Å². The number of piperidine rings is 1. The highest BCUT2D eigenvalue weighted by atomic mass is 19.3. The lowest BCUT2D eigenvalue weighted by Crippen LogP contribution is -2.55. The number of likely N-dealkylation sites (tertiary alicyclic amines) is 1. The molecule has 0 aromatic carbocycles.